The number of Topliss-reactive ketones (excluding diaryl/α,β-unsaturated/α-hetero) is 1. The van der Waals surface area contributed by atoms with Crippen LogP contribution in [0.5, 0.6) is 0 Å². The highest BCUT2D eigenvalue weighted by Crippen LogP contribution is 2.62. The number of hydrogen-bond donors (Lipinski definition) is 1. The van der Waals surface area contributed by atoms with Gasteiger partial charge in [0, 0.05) is 31.0 Å². The first kappa shape index (κ1) is 22.9. The van der Waals surface area contributed by atoms with E-state index in [4.69, 9.17) is 4.84 Å². The number of carbonyl (C=O) groups is 2. The molecule has 0 spiro atoms. The number of ketones is 1. The molecule has 160 valence electrons. The third kappa shape index (κ3) is 5.36. The predicted molar refractivity (Wildman–Crippen MR) is 113 cm³/mol. The molecule has 2 saturated carbocycles. The van der Waals surface area contributed by atoms with Gasteiger partial charge in [0.15, 0.2) is 0 Å². The maximum Gasteiger partial charge on any atom is 0.433 e. The van der Waals surface area contributed by atoms with Crippen LogP contribution in [0.25, 0.3) is 0 Å². The van der Waals surface area contributed by atoms with E-state index in [-0.39, 0.29) is 28.6 Å². The lowest BCUT2D eigenvalue weighted by Crippen LogP contribution is -2.52. The summed E-state index contributed by atoms with van der Waals surface area (Å²) in [5.41, 5.74) is 0.246. The van der Waals surface area contributed by atoms with Crippen molar-refractivity contribution in [2.24, 2.45) is 33.7 Å². The minimum absolute atomic E-state index is 0.0292. The van der Waals surface area contributed by atoms with Crippen molar-refractivity contribution >= 4 is 18.1 Å². The van der Waals surface area contributed by atoms with Crippen LogP contribution in [-0.4, -0.2) is 24.1 Å². The lowest BCUT2D eigenvalue weighted by atomic mass is 9.68. The van der Waals surface area contributed by atoms with Gasteiger partial charge in [-0.25, -0.2) is 4.79 Å². The second kappa shape index (κ2) is 9.41. The summed E-state index contributed by atoms with van der Waals surface area (Å²) in [6, 6.07) is 0.116. The van der Waals surface area contributed by atoms with Gasteiger partial charge < -0.3 is 5.32 Å². The molecule has 4 atom stereocenters. The molecular weight excluding hydrogens is 352 g/mol. The van der Waals surface area contributed by atoms with Crippen molar-refractivity contribution in [1.29, 1.82) is 0 Å². The van der Waals surface area contributed by atoms with Gasteiger partial charge in [0.1, 0.15) is 5.78 Å². The Labute approximate surface area is 171 Å². The fourth-order valence-electron chi connectivity index (χ4n) is 5.56. The molecular formula is C23H40N2O3. The third-order valence-electron chi connectivity index (χ3n) is 7.52. The van der Waals surface area contributed by atoms with Crippen LogP contribution in [0.3, 0.4) is 0 Å². The van der Waals surface area contributed by atoms with Crippen LogP contribution in [-0.2, 0) is 9.63 Å². The number of nitrogens with zero attached hydrogens (tertiary/aromatic N) is 1. The number of rotatable bonds is 10. The molecule has 2 aliphatic carbocycles. The molecule has 2 fully saturated rings. The summed E-state index contributed by atoms with van der Waals surface area (Å²) in [6.07, 6.45) is 8.95. The highest BCUT2D eigenvalue weighted by atomic mass is 16.7. The molecule has 0 saturated heterocycles. The smallest absolute Gasteiger partial charge is 0.316 e. The molecule has 5 heteroatoms. The van der Waals surface area contributed by atoms with Crippen LogP contribution in [0.4, 0.5) is 4.79 Å². The van der Waals surface area contributed by atoms with Gasteiger partial charge in [-0.05, 0) is 48.3 Å². The molecule has 2 rings (SSSR count). The van der Waals surface area contributed by atoms with Crippen molar-refractivity contribution in [3.05, 3.63) is 0 Å². The van der Waals surface area contributed by atoms with Gasteiger partial charge in [-0.1, -0.05) is 59.5 Å². The molecule has 2 aliphatic rings. The van der Waals surface area contributed by atoms with Gasteiger partial charge in [-0.3, -0.25) is 9.63 Å². The summed E-state index contributed by atoms with van der Waals surface area (Å²) in [5.74, 6) is 1.53. The molecule has 1 N–H and O–H groups in total. The van der Waals surface area contributed by atoms with E-state index in [2.05, 4.69) is 45.1 Å². The number of oxime groups is 1. The average molecular weight is 393 g/mol. The van der Waals surface area contributed by atoms with E-state index in [9.17, 15) is 9.59 Å². The molecule has 28 heavy (non-hydrogen) atoms. The first-order valence-corrected chi connectivity index (χ1v) is 11.1. The number of nitrogens with one attached hydrogen (secondary N) is 1. The van der Waals surface area contributed by atoms with Crippen LogP contribution >= 0.6 is 0 Å². The van der Waals surface area contributed by atoms with Crippen molar-refractivity contribution in [3.8, 4) is 0 Å². The number of carbonyl (C=O) groups excluding carboxylic acids is 2. The maximum atomic E-state index is 12.2. The zero-order valence-corrected chi connectivity index (χ0v) is 18.7. The van der Waals surface area contributed by atoms with E-state index in [0.717, 1.165) is 25.7 Å². The molecule has 4 unspecified atom stereocenters. The second-order valence-electron chi connectivity index (χ2n) is 10.1. The zero-order valence-electron chi connectivity index (χ0n) is 18.7. The van der Waals surface area contributed by atoms with Gasteiger partial charge in [-0.15, -0.1) is 0 Å². The minimum Gasteiger partial charge on any atom is -0.316 e. The second-order valence-corrected chi connectivity index (χ2v) is 10.1. The van der Waals surface area contributed by atoms with Gasteiger partial charge in [0.05, 0.1) is 0 Å². The first-order chi connectivity index (χ1) is 13.1. The Bertz CT molecular complexity index is 578. The normalized spacial score (nSPS) is 29.4. The molecule has 5 nitrogen and oxygen atoms in total. The summed E-state index contributed by atoms with van der Waals surface area (Å²) >= 11 is 0. The number of fused-ring (bicyclic) bond motifs is 2. The van der Waals surface area contributed by atoms with Crippen molar-refractivity contribution in [2.75, 3.05) is 0 Å². The van der Waals surface area contributed by atoms with Crippen molar-refractivity contribution in [1.82, 2.24) is 5.32 Å². The van der Waals surface area contributed by atoms with Crippen LogP contribution < -0.4 is 5.32 Å². The average Bonchev–Trinajstić information content (AvgIpc) is 3.10. The molecule has 0 radical (unpaired) electrons. The van der Waals surface area contributed by atoms with E-state index < -0.39 is 6.09 Å². The topological polar surface area (TPSA) is 67.8 Å². The summed E-state index contributed by atoms with van der Waals surface area (Å²) in [6.45, 7) is 13.0. The quantitative estimate of drug-likeness (QED) is 0.293. The SMILES string of the molecule is CCC(CC)CCC(=O)CC(C)C=NOC(=O)NC1C2(C)CCC(C2)C1(C)C. The van der Waals surface area contributed by atoms with Gasteiger partial charge in [0.25, 0.3) is 0 Å². The van der Waals surface area contributed by atoms with E-state index >= 15 is 0 Å². The number of amides is 1. The van der Waals surface area contributed by atoms with Crippen LogP contribution in [0.2, 0.25) is 0 Å². The van der Waals surface area contributed by atoms with Gasteiger partial charge in [-0.2, -0.15) is 0 Å². The Balaban J connectivity index is 1.73. The lowest BCUT2D eigenvalue weighted by Gasteiger charge is -2.42. The van der Waals surface area contributed by atoms with Crippen LogP contribution in [0.1, 0.15) is 92.9 Å². The van der Waals surface area contributed by atoms with Crippen molar-refractivity contribution in [2.45, 2.75) is 99.0 Å². The Kier molecular flexibility index (Phi) is 7.69. The Hall–Kier alpha value is -1.39. The van der Waals surface area contributed by atoms with Crippen LogP contribution in [0.15, 0.2) is 5.16 Å². The summed E-state index contributed by atoms with van der Waals surface area (Å²) in [7, 11) is 0. The van der Waals surface area contributed by atoms with Gasteiger partial charge >= 0.3 is 6.09 Å². The highest BCUT2D eigenvalue weighted by molar-refractivity contribution is 5.81. The molecule has 0 aromatic heterocycles. The largest absolute Gasteiger partial charge is 0.433 e. The predicted octanol–water partition coefficient (Wildman–Crippen LogP) is 5.72. The summed E-state index contributed by atoms with van der Waals surface area (Å²) in [5, 5.41) is 6.90. The Morgan fingerprint density at radius 3 is 2.50 bits per heavy atom. The Morgan fingerprint density at radius 2 is 1.93 bits per heavy atom. The fourth-order valence-corrected chi connectivity index (χ4v) is 5.56. The van der Waals surface area contributed by atoms with E-state index in [0.29, 0.717) is 24.7 Å². The first-order valence-electron chi connectivity index (χ1n) is 11.1. The van der Waals surface area contributed by atoms with E-state index in [1.165, 1.54) is 12.8 Å². The Morgan fingerprint density at radius 1 is 1.25 bits per heavy atom. The zero-order chi connectivity index (χ0) is 20.9. The molecule has 0 heterocycles. The monoisotopic (exact) mass is 392 g/mol. The standard InChI is InChI=1S/C23H40N2O3/c1-7-17(8-2)9-10-19(26)13-16(3)15-24-28-21(27)25-20-22(4,5)18-11-12-23(20,6)14-18/h15-18,20H,7-14H2,1-6H3,(H,25,27). The van der Waals surface area contributed by atoms with E-state index in [1.54, 1.807) is 6.21 Å². The lowest BCUT2D eigenvalue weighted by molar-refractivity contribution is -0.119. The fraction of sp³-hybridized carbons (Fsp3) is 0.870. The molecule has 1 amide bonds. The van der Waals surface area contributed by atoms with Crippen LogP contribution in [0, 0.1) is 28.6 Å². The molecule has 2 bridgehead atoms. The highest BCUT2D eigenvalue weighted by Gasteiger charge is 2.59. The summed E-state index contributed by atoms with van der Waals surface area (Å²) in [4.78, 5) is 29.4. The molecule has 0 aromatic rings. The third-order valence-corrected chi connectivity index (χ3v) is 7.52. The van der Waals surface area contributed by atoms with Crippen molar-refractivity contribution < 1.29 is 14.4 Å². The van der Waals surface area contributed by atoms with Gasteiger partial charge in [0.2, 0.25) is 0 Å². The van der Waals surface area contributed by atoms with Crippen molar-refractivity contribution in [3.63, 3.8) is 0 Å². The molecule has 0 aliphatic heterocycles. The number of hydrogen-bond acceptors (Lipinski definition) is 4. The summed E-state index contributed by atoms with van der Waals surface area (Å²) < 4.78 is 0. The van der Waals surface area contributed by atoms with E-state index in [1.807, 2.05) is 6.92 Å². The maximum absolute atomic E-state index is 12.2. The minimum atomic E-state index is -0.490. The molecule has 0 aromatic carbocycles.